The number of nitrogens with zero attached hydrogens (tertiary/aromatic N) is 5. The Morgan fingerprint density at radius 1 is 1.00 bits per heavy atom. The molecule has 8 heteroatoms. The number of hydrogen-bond donors (Lipinski definition) is 2. The Bertz CT molecular complexity index is 1390. The monoisotopic (exact) mass is 453 g/mol. The number of benzene rings is 2. The summed E-state index contributed by atoms with van der Waals surface area (Å²) < 4.78 is 7.66. The van der Waals surface area contributed by atoms with Gasteiger partial charge in [0.1, 0.15) is 11.6 Å². The minimum Gasteiger partial charge on any atom is -0.399 e. The van der Waals surface area contributed by atoms with Crippen molar-refractivity contribution in [1.82, 2.24) is 14.5 Å². The first-order valence-electron chi connectivity index (χ1n) is 11.6. The molecule has 0 atom stereocenters. The van der Waals surface area contributed by atoms with Crippen molar-refractivity contribution in [3.63, 3.8) is 0 Å². The van der Waals surface area contributed by atoms with Crippen molar-refractivity contribution in [2.24, 2.45) is 4.99 Å². The Hall–Kier alpha value is -3.91. The molecule has 0 saturated carbocycles. The minimum atomic E-state index is 0.459. The summed E-state index contributed by atoms with van der Waals surface area (Å²) in [5.74, 6) is 1.93. The molecule has 0 spiro atoms. The standard InChI is InChI=1S/C26H27N7O/c1-17-2-3-19(27)15-22(17)23-14-18-16-29-26(31-24(18)33-9-8-28-25(23)33)30-20-4-6-21(7-5-20)32-10-12-34-13-11-32/h2-7,14-16,28H,8-13,27H2,1H3. The third-order valence-electron chi connectivity index (χ3n) is 6.50. The molecule has 3 N–H and O–H groups in total. The Labute approximate surface area is 198 Å². The van der Waals surface area contributed by atoms with Crippen LogP contribution in [-0.2, 0) is 11.3 Å². The second kappa shape index (κ2) is 8.46. The van der Waals surface area contributed by atoms with Crippen LogP contribution in [0.3, 0.4) is 0 Å². The summed E-state index contributed by atoms with van der Waals surface area (Å²) in [6.07, 6.45) is 1.86. The summed E-state index contributed by atoms with van der Waals surface area (Å²) in [7, 11) is 0. The molecule has 2 aromatic rings. The van der Waals surface area contributed by atoms with Crippen LogP contribution in [0.2, 0.25) is 0 Å². The average Bonchev–Trinajstić information content (AvgIpc) is 3.37. The minimum absolute atomic E-state index is 0.459. The van der Waals surface area contributed by atoms with Crippen molar-refractivity contribution in [1.29, 1.82) is 0 Å². The van der Waals surface area contributed by atoms with Crippen LogP contribution in [0.25, 0.3) is 22.5 Å². The quantitative estimate of drug-likeness (QED) is 0.462. The summed E-state index contributed by atoms with van der Waals surface area (Å²) >= 11 is 0. The first kappa shape index (κ1) is 20.7. The third-order valence-corrected chi connectivity index (χ3v) is 6.50. The van der Waals surface area contributed by atoms with Crippen molar-refractivity contribution >= 4 is 22.9 Å². The van der Waals surface area contributed by atoms with Crippen LogP contribution >= 0.6 is 0 Å². The maximum absolute atomic E-state index is 6.09. The average molecular weight is 454 g/mol. The van der Waals surface area contributed by atoms with Gasteiger partial charge < -0.3 is 25.3 Å². The van der Waals surface area contributed by atoms with Crippen molar-refractivity contribution in [2.45, 2.75) is 13.5 Å². The van der Waals surface area contributed by atoms with Crippen molar-refractivity contribution in [3.8, 4) is 22.5 Å². The fraction of sp³-hybridized carbons (Fsp3) is 0.269. The van der Waals surface area contributed by atoms with E-state index in [1.54, 1.807) is 0 Å². The molecular formula is C26H27N7O. The van der Waals surface area contributed by atoms with Crippen LogP contribution in [0.5, 0.6) is 0 Å². The van der Waals surface area contributed by atoms with Gasteiger partial charge in [-0.2, -0.15) is 4.98 Å². The molecule has 1 saturated heterocycles. The molecule has 4 heterocycles. The molecular weight excluding hydrogens is 426 g/mol. The Kier molecular flexibility index (Phi) is 5.15. The topological polar surface area (TPSA) is 93.6 Å². The fourth-order valence-electron chi connectivity index (χ4n) is 4.72. The van der Waals surface area contributed by atoms with E-state index in [0.717, 1.165) is 79.1 Å². The number of morpholine rings is 1. The summed E-state index contributed by atoms with van der Waals surface area (Å²) in [6, 6.07) is 16.4. The van der Waals surface area contributed by atoms with Gasteiger partial charge in [0.2, 0.25) is 0 Å². The summed E-state index contributed by atoms with van der Waals surface area (Å²) in [5.41, 5.74) is 13.7. The highest BCUT2D eigenvalue weighted by atomic mass is 16.5. The normalized spacial score (nSPS) is 16.0. The number of nitrogen functional groups attached to an aromatic ring is 1. The highest BCUT2D eigenvalue weighted by molar-refractivity contribution is 5.85. The smallest absolute Gasteiger partial charge is 0.251 e. The van der Waals surface area contributed by atoms with Gasteiger partial charge in [-0.05, 0) is 60.5 Å². The van der Waals surface area contributed by atoms with E-state index in [9.17, 15) is 0 Å². The van der Waals surface area contributed by atoms with Gasteiger partial charge in [-0.1, -0.05) is 6.07 Å². The van der Waals surface area contributed by atoms with Crippen LogP contribution in [0, 0.1) is 6.92 Å². The number of pyridine rings is 1. The lowest BCUT2D eigenvalue weighted by molar-refractivity contribution is 0.122. The number of rotatable bonds is 3. The Balaban J connectivity index is 1.39. The molecule has 0 radical (unpaired) electrons. The van der Waals surface area contributed by atoms with Crippen molar-refractivity contribution in [3.05, 3.63) is 65.9 Å². The maximum Gasteiger partial charge on any atom is 0.251 e. The molecule has 8 nitrogen and oxygen atoms in total. The largest absolute Gasteiger partial charge is 0.399 e. The number of ether oxygens (including phenoxy) is 1. The van der Waals surface area contributed by atoms with Crippen LogP contribution in [-0.4, -0.2) is 47.4 Å². The molecule has 1 fully saturated rings. The maximum atomic E-state index is 6.09. The van der Waals surface area contributed by atoms with Gasteiger partial charge in [-0.15, -0.1) is 0 Å². The van der Waals surface area contributed by atoms with Crippen LogP contribution in [0.15, 0.2) is 59.7 Å². The zero-order valence-corrected chi connectivity index (χ0v) is 19.2. The molecule has 4 aliphatic rings. The van der Waals surface area contributed by atoms with Crippen LogP contribution in [0.1, 0.15) is 5.56 Å². The van der Waals surface area contributed by atoms with E-state index in [0.29, 0.717) is 5.62 Å². The number of aryl methyl sites for hydroxylation is 1. The molecule has 4 aliphatic heterocycles. The van der Waals surface area contributed by atoms with Gasteiger partial charge in [-0.3, -0.25) is 0 Å². The zero-order valence-electron chi connectivity index (χ0n) is 19.2. The highest BCUT2D eigenvalue weighted by Crippen LogP contribution is 2.38. The van der Waals surface area contributed by atoms with E-state index >= 15 is 0 Å². The molecule has 6 rings (SSSR count). The molecule has 0 bridgehead atoms. The second-order valence-corrected chi connectivity index (χ2v) is 8.74. The first-order valence-corrected chi connectivity index (χ1v) is 11.6. The van der Waals surface area contributed by atoms with Gasteiger partial charge in [0.15, 0.2) is 0 Å². The van der Waals surface area contributed by atoms with E-state index in [1.807, 2.05) is 30.5 Å². The predicted octanol–water partition coefficient (Wildman–Crippen LogP) is 3.44. The molecule has 0 aliphatic carbocycles. The lowest BCUT2D eigenvalue weighted by atomic mass is 9.98. The lowest BCUT2D eigenvalue weighted by Crippen LogP contribution is -2.36. The van der Waals surface area contributed by atoms with Crippen molar-refractivity contribution < 1.29 is 4.74 Å². The molecule has 172 valence electrons. The lowest BCUT2D eigenvalue weighted by Gasteiger charge is -2.28. The number of nitrogens with two attached hydrogens (primary N) is 1. The fourth-order valence-corrected chi connectivity index (χ4v) is 4.72. The van der Waals surface area contributed by atoms with Gasteiger partial charge in [0.25, 0.3) is 5.62 Å². The van der Waals surface area contributed by atoms with E-state index in [2.05, 4.69) is 51.0 Å². The number of aromatic nitrogens is 3. The number of fused-ring (bicyclic) bond motifs is 3. The van der Waals surface area contributed by atoms with Crippen LogP contribution in [0.4, 0.5) is 22.9 Å². The summed E-state index contributed by atoms with van der Waals surface area (Å²) in [5, 5.41) is 3.53. The molecule has 0 aromatic heterocycles. The van der Waals surface area contributed by atoms with Crippen LogP contribution < -0.4 is 21.6 Å². The third kappa shape index (κ3) is 3.76. The van der Waals surface area contributed by atoms with E-state index in [1.165, 1.54) is 11.3 Å². The second-order valence-electron chi connectivity index (χ2n) is 8.74. The van der Waals surface area contributed by atoms with E-state index in [4.69, 9.17) is 20.4 Å². The summed E-state index contributed by atoms with van der Waals surface area (Å²) in [4.78, 5) is 16.4. The molecule has 34 heavy (non-hydrogen) atoms. The molecule has 2 aromatic carbocycles. The van der Waals surface area contributed by atoms with Gasteiger partial charge in [0, 0.05) is 54.9 Å². The van der Waals surface area contributed by atoms with Gasteiger partial charge in [-0.25, -0.2) is 9.98 Å². The summed E-state index contributed by atoms with van der Waals surface area (Å²) in [6.45, 7) is 7.17. The molecule has 0 amide bonds. The van der Waals surface area contributed by atoms with Crippen molar-refractivity contribution in [2.75, 3.05) is 48.8 Å². The predicted molar refractivity (Wildman–Crippen MR) is 134 cm³/mol. The Morgan fingerprint density at radius 2 is 1.82 bits per heavy atom. The van der Waals surface area contributed by atoms with E-state index in [-0.39, 0.29) is 0 Å². The highest BCUT2D eigenvalue weighted by Gasteiger charge is 2.23. The van der Waals surface area contributed by atoms with Gasteiger partial charge in [0.05, 0.1) is 18.9 Å². The number of hydrogen-bond acceptors (Lipinski definition) is 7. The number of anilines is 3. The SMILES string of the molecule is Cc1ccc(N)cc1-c1cc2cnc(=Nc3ccc(N4CCOCC4)cc3)nc-2n2c1NCC2. The number of nitrogens with one attached hydrogen (secondary N) is 1. The van der Waals surface area contributed by atoms with Gasteiger partial charge >= 0.3 is 0 Å². The molecule has 0 unspecified atom stereocenters. The first-order chi connectivity index (χ1) is 16.7. The zero-order chi connectivity index (χ0) is 23.1. The Morgan fingerprint density at radius 3 is 2.65 bits per heavy atom. The van der Waals surface area contributed by atoms with E-state index < -0.39 is 0 Å².